The third-order valence-electron chi connectivity index (χ3n) is 2.04. The number of halogens is 1. The Hall–Kier alpha value is -1.12. The Labute approximate surface area is 119 Å². The second kappa shape index (κ2) is 5.68. The van der Waals surface area contributed by atoms with Crippen LogP contribution in [0.2, 0.25) is 0 Å². The van der Waals surface area contributed by atoms with Gasteiger partial charge in [0.1, 0.15) is 15.4 Å². The molecule has 1 aromatic rings. The van der Waals surface area contributed by atoms with Crippen molar-refractivity contribution in [2.45, 2.75) is 39.3 Å². The molecule has 0 aromatic carbocycles. The Morgan fingerprint density at radius 3 is 2.67 bits per heavy atom. The fourth-order valence-electron chi connectivity index (χ4n) is 1.23. The van der Waals surface area contributed by atoms with Crippen LogP contribution in [-0.4, -0.2) is 27.5 Å². The summed E-state index contributed by atoms with van der Waals surface area (Å²) in [5.74, 6) is 0.274. The summed E-state index contributed by atoms with van der Waals surface area (Å²) < 4.78 is 0.436. The minimum Gasteiger partial charge on any atom is -0.358 e. The fourth-order valence-corrected chi connectivity index (χ4v) is 1.68. The topological polar surface area (TPSA) is 86.9 Å². The van der Waals surface area contributed by atoms with Crippen molar-refractivity contribution in [1.82, 2.24) is 15.3 Å². The van der Waals surface area contributed by atoms with Gasteiger partial charge in [0.2, 0.25) is 5.91 Å². The van der Waals surface area contributed by atoms with Gasteiger partial charge < -0.3 is 15.6 Å². The highest BCUT2D eigenvalue weighted by Gasteiger charge is 2.20. The van der Waals surface area contributed by atoms with Crippen LogP contribution in [0.5, 0.6) is 0 Å². The van der Waals surface area contributed by atoms with Gasteiger partial charge in [-0.15, -0.1) is 0 Å². The van der Waals surface area contributed by atoms with Gasteiger partial charge >= 0.3 is 0 Å². The van der Waals surface area contributed by atoms with E-state index in [1.165, 1.54) is 6.33 Å². The van der Waals surface area contributed by atoms with Crippen molar-refractivity contribution >= 4 is 34.3 Å². The number of amides is 1. The summed E-state index contributed by atoms with van der Waals surface area (Å²) in [7, 11) is 0. The summed E-state index contributed by atoms with van der Waals surface area (Å²) in [5.41, 5.74) is -0.515. The molecule has 1 aromatic heterocycles. The normalized spacial score (nSPS) is 12.9. The van der Waals surface area contributed by atoms with Crippen molar-refractivity contribution in [3.63, 3.8) is 0 Å². The lowest BCUT2D eigenvalue weighted by atomic mass is 10.1. The molecular weight excluding hydrogens is 347 g/mol. The molecule has 18 heavy (non-hydrogen) atoms. The standard InChI is InChI=1S/C11H17IN4O2/c1-6(9(17)16-11(2,3)4)15-8-7(12)10(18)14-5-13-8/h5-6H,1-4H3,(H,16,17)(H2,13,14,15,18). The van der Waals surface area contributed by atoms with Gasteiger partial charge in [-0.05, 0) is 50.3 Å². The number of aromatic amines is 1. The third kappa shape index (κ3) is 4.28. The van der Waals surface area contributed by atoms with Crippen LogP contribution in [0.3, 0.4) is 0 Å². The minimum atomic E-state index is -0.466. The average Bonchev–Trinajstić information content (AvgIpc) is 2.22. The van der Waals surface area contributed by atoms with Crippen LogP contribution in [0.4, 0.5) is 5.82 Å². The maximum Gasteiger partial charge on any atom is 0.266 e. The molecule has 1 amide bonds. The summed E-state index contributed by atoms with van der Waals surface area (Å²) in [5, 5.41) is 5.78. The van der Waals surface area contributed by atoms with Gasteiger partial charge in [0, 0.05) is 5.54 Å². The van der Waals surface area contributed by atoms with Crippen LogP contribution in [0.15, 0.2) is 11.1 Å². The lowest BCUT2D eigenvalue weighted by molar-refractivity contribution is -0.122. The lowest BCUT2D eigenvalue weighted by Crippen LogP contribution is -2.47. The maximum atomic E-state index is 11.9. The molecule has 0 saturated heterocycles. The number of rotatable bonds is 3. The Bertz CT molecular complexity index is 493. The molecule has 0 spiro atoms. The first kappa shape index (κ1) is 14.9. The van der Waals surface area contributed by atoms with Crippen LogP contribution in [-0.2, 0) is 4.79 Å². The quantitative estimate of drug-likeness (QED) is 0.701. The number of carbonyl (C=O) groups is 1. The van der Waals surface area contributed by atoms with Gasteiger partial charge in [-0.25, -0.2) is 4.98 Å². The summed E-state index contributed by atoms with van der Waals surface area (Å²) in [6.07, 6.45) is 1.31. The highest BCUT2D eigenvalue weighted by Crippen LogP contribution is 2.10. The van der Waals surface area contributed by atoms with E-state index in [-0.39, 0.29) is 17.0 Å². The fraction of sp³-hybridized carbons (Fsp3) is 0.545. The summed E-state index contributed by atoms with van der Waals surface area (Å²) in [6.45, 7) is 7.45. The molecule has 0 aliphatic carbocycles. The van der Waals surface area contributed by atoms with Gasteiger partial charge in [-0.1, -0.05) is 0 Å². The molecular formula is C11H17IN4O2. The number of hydrogen-bond donors (Lipinski definition) is 3. The predicted molar refractivity (Wildman–Crippen MR) is 78.6 cm³/mol. The Morgan fingerprint density at radius 1 is 1.50 bits per heavy atom. The number of anilines is 1. The highest BCUT2D eigenvalue weighted by molar-refractivity contribution is 14.1. The molecule has 3 N–H and O–H groups in total. The second-order valence-electron chi connectivity index (χ2n) is 5.00. The van der Waals surface area contributed by atoms with E-state index in [0.717, 1.165) is 0 Å². The van der Waals surface area contributed by atoms with E-state index < -0.39 is 6.04 Å². The van der Waals surface area contributed by atoms with E-state index in [2.05, 4.69) is 20.6 Å². The van der Waals surface area contributed by atoms with Crippen molar-refractivity contribution in [1.29, 1.82) is 0 Å². The number of carbonyl (C=O) groups excluding carboxylic acids is 1. The minimum absolute atomic E-state index is 0.139. The number of H-pyrrole nitrogens is 1. The number of nitrogens with zero attached hydrogens (tertiary/aromatic N) is 1. The van der Waals surface area contributed by atoms with Gasteiger partial charge in [0.15, 0.2) is 0 Å². The first-order chi connectivity index (χ1) is 8.20. The largest absolute Gasteiger partial charge is 0.358 e. The van der Waals surface area contributed by atoms with Crippen molar-refractivity contribution in [2.24, 2.45) is 0 Å². The SMILES string of the molecule is CC(Nc1nc[nH]c(=O)c1I)C(=O)NC(C)(C)C. The molecule has 7 heteroatoms. The number of aromatic nitrogens is 2. The zero-order valence-electron chi connectivity index (χ0n) is 10.8. The zero-order valence-corrected chi connectivity index (χ0v) is 13.0. The molecule has 0 aliphatic heterocycles. The molecule has 100 valence electrons. The molecule has 6 nitrogen and oxygen atoms in total. The monoisotopic (exact) mass is 364 g/mol. The molecule has 0 fully saturated rings. The molecule has 0 aliphatic rings. The first-order valence-corrected chi connectivity index (χ1v) is 6.60. The predicted octanol–water partition coefficient (Wildman–Crippen LogP) is 1.09. The highest BCUT2D eigenvalue weighted by atomic mass is 127. The number of hydrogen-bond acceptors (Lipinski definition) is 4. The molecule has 1 atom stereocenters. The zero-order chi connectivity index (χ0) is 13.9. The van der Waals surface area contributed by atoms with Crippen LogP contribution in [0.25, 0.3) is 0 Å². The first-order valence-electron chi connectivity index (χ1n) is 5.52. The summed E-state index contributed by atoms with van der Waals surface area (Å²) in [6, 6.07) is -0.466. The van der Waals surface area contributed by atoms with Crippen LogP contribution < -0.4 is 16.2 Å². The average molecular weight is 364 g/mol. The Kier molecular flexibility index (Phi) is 4.71. The van der Waals surface area contributed by atoms with Crippen LogP contribution in [0.1, 0.15) is 27.7 Å². The van der Waals surface area contributed by atoms with Gasteiger partial charge in [0.25, 0.3) is 5.56 Å². The van der Waals surface area contributed by atoms with E-state index in [9.17, 15) is 9.59 Å². The van der Waals surface area contributed by atoms with E-state index in [1.807, 2.05) is 43.4 Å². The Balaban J connectivity index is 2.76. The summed E-state index contributed by atoms with van der Waals surface area (Å²) in [4.78, 5) is 29.7. The molecule has 1 heterocycles. The van der Waals surface area contributed by atoms with Crippen LogP contribution >= 0.6 is 22.6 Å². The third-order valence-corrected chi connectivity index (χ3v) is 3.04. The van der Waals surface area contributed by atoms with Gasteiger partial charge in [-0.2, -0.15) is 0 Å². The van der Waals surface area contributed by atoms with E-state index >= 15 is 0 Å². The van der Waals surface area contributed by atoms with Gasteiger partial charge in [-0.3, -0.25) is 9.59 Å². The van der Waals surface area contributed by atoms with Crippen molar-refractivity contribution in [3.05, 3.63) is 20.3 Å². The second-order valence-corrected chi connectivity index (χ2v) is 6.08. The van der Waals surface area contributed by atoms with E-state index in [1.54, 1.807) is 6.92 Å². The molecule has 0 radical (unpaired) electrons. The Morgan fingerprint density at radius 2 is 2.11 bits per heavy atom. The smallest absolute Gasteiger partial charge is 0.266 e. The molecule has 1 rings (SSSR count). The van der Waals surface area contributed by atoms with Gasteiger partial charge in [0.05, 0.1) is 6.33 Å². The van der Waals surface area contributed by atoms with Crippen molar-refractivity contribution in [2.75, 3.05) is 5.32 Å². The molecule has 1 unspecified atom stereocenters. The number of nitrogens with one attached hydrogen (secondary N) is 3. The van der Waals surface area contributed by atoms with Crippen LogP contribution in [0, 0.1) is 3.57 Å². The molecule has 0 bridgehead atoms. The lowest BCUT2D eigenvalue weighted by Gasteiger charge is -2.24. The van der Waals surface area contributed by atoms with Crippen molar-refractivity contribution in [3.8, 4) is 0 Å². The van der Waals surface area contributed by atoms with E-state index in [4.69, 9.17) is 0 Å². The molecule has 0 saturated carbocycles. The van der Waals surface area contributed by atoms with E-state index in [0.29, 0.717) is 9.39 Å². The van der Waals surface area contributed by atoms with Crippen molar-refractivity contribution < 1.29 is 4.79 Å². The summed E-state index contributed by atoms with van der Waals surface area (Å²) >= 11 is 1.89. The maximum absolute atomic E-state index is 11.9.